The van der Waals surface area contributed by atoms with Crippen LogP contribution in [0.15, 0.2) is 36.4 Å². The lowest BCUT2D eigenvalue weighted by Gasteiger charge is -2.03. The maximum Gasteiger partial charge on any atom is 0.122 e. The van der Waals surface area contributed by atoms with Gasteiger partial charge >= 0.3 is 0 Å². The second kappa shape index (κ2) is 5.01. The van der Waals surface area contributed by atoms with Gasteiger partial charge in [-0.3, -0.25) is 0 Å². The fourth-order valence-electron chi connectivity index (χ4n) is 1.31. The van der Waals surface area contributed by atoms with Gasteiger partial charge in [0.15, 0.2) is 0 Å². The van der Waals surface area contributed by atoms with Crippen molar-refractivity contribution in [3.63, 3.8) is 0 Å². The molecule has 0 aliphatic rings. The predicted octanol–water partition coefficient (Wildman–Crippen LogP) is 2.49. The molecule has 1 aromatic heterocycles. The number of ether oxygens (including phenoxy) is 1. The minimum atomic E-state index is 0.244. The van der Waals surface area contributed by atoms with E-state index in [-0.39, 0.29) is 5.75 Å². The zero-order valence-electron chi connectivity index (χ0n) is 8.72. The number of thiophene rings is 1. The second-order valence-electron chi connectivity index (χ2n) is 3.35. The summed E-state index contributed by atoms with van der Waals surface area (Å²) in [6, 6.07) is 10.7. The van der Waals surface area contributed by atoms with E-state index in [2.05, 4.69) is 0 Å². The molecule has 2 aromatic rings. The minimum Gasteiger partial charge on any atom is -0.508 e. The van der Waals surface area contributed by atoms with E-state index in [0.717, 1.165) is 15.5 Å². The van der Waals surface area contributed by atoms with Crippen molar-refractivity contribution >= 4 is 11.3 Å². The largest absolute Gasteiger partial charge is 0.508 e. The molecule has 2 rings (SSSR count). The lowest BCUT2D eigenvalue weighted by molar-refractivity contribution is 0.309. The molecule has 3 N–H and O–H groups in total. The first-order chi connectivity index (χ1) is 7.78. The summed E-state index contributed by atoms with van der Waals surface area (Å²) >= 11 is 1.66. The Hall–Kier alpha value is -1.52. The van der Waals surface area contributed by atoms with Crippen LogP contribution in [0.1, 0.15) is 9.75 Å². The minimum absolute atomic E-state index is 0.244. The van der Waals surface area contributed by atoms with Crippen LogP contribution in [0.25, 0.3) is 0 Å². The third kappa shape index (κ3) is 2.74. The summed E-state index contributed by atoms with van der Waals surface area (Å²) in [6.07, 6.45) is 0. The zero-order chi connectivity index (χ0) is 11.4. The van der Waals surface area contributed by atoms with Crippen molar-refractivity contribution in [3.8, 4) is 11.5 Å². The van der Waals surface area contributed by atoms with E-state index < -0.39 is 0 Å². The number of hydrogen-bond acceptors (Lipinski definition) is 4. The number of hydrogen-bond donors (Lipinski definition) is 2. The molecular formula is C12H13NO2S. The molecule has 0 spiro atoms. The summed E-state index contributed by atoms with van der Waals surface area (Å²) in [4.78, 5) is 2.30. The van der Waals surface area contributed by atoms with E-state index in [1.165, 1.54) is 0 Å². The van der Waals surface area contributed by atoms with Crippen molar-refractivity contribution in [2.75, 3.05) is 0 Å². The van der Waals surface area contributed by atoms with Gasteiger partial charge in [-0.25, -0.2) is 0 Å². The summed E-state index contributed by atoms with van der Waals surface area (Å²) in [5, 5.41) is 9.11. The Labute approximate surface area is 98.1 Å². The molecule has 0 amide bonds. The number of benzene rings is 1. The lowest BCUT2D eigenvalue weighted by Crippen LogP contribution is -1.93. The highest BCUT2D eigenvalue weighted by Gasteiger charge is 2.00. The molecule has 3 nitrogen and oxygen atoms in total. The highest BCUT2D eigenvalue weighted by Crippen LogP contribution is 2.20. The Kier molecular flexibility index (Phi) is 3.44. The standard InChI is InChI=1S/C12H13NO2S/c13-7-11-5-6-12(16-11)8-15-10-3-1-9(14)2-4-10/h1-6,14H,7-8,13H2. The molecule has 0 radical (unpaired) electrons. The first-order valence-electron chi connectivity index (χ1n) is 4.97. The lowest BCUT2D eigenvalue weighted by atomic mass is 10.3. The van der Waals surface area contributed by atoms with E-state index in [4.69, 9.17) is 15.6 Å². The van der Waals surface area contributed by atoms with Gasteiger partial charge < -0.3 is 15.6 Å². The van der Waals surface area contributed by atoms with Crippen LogP contribution in [-0.4, -0.2) is 5.11 Å². The smallest absolute Gasteiger partial charge is 0.122 e. The molecule has 0 fully saturated rings. The number of phenolic OH excluding ortho intramolecular Hbond substituents is 1. The summed E-state index contributed by atoms with van der Waals surface area (Å²) < 4.78 is 5.56. The summed E-state index contributed by atoms with van der Waals surface area (Å²) in [5.41, 5.74) is 5.53. The van der Waals surface area contributed by atoms with Gasteiger partial charge in [-0.05, 0) is 36.4 Å². The van der Waals surface area contributed by atoms with Crippen LogP contribution < -0.4 is 10.5 Å². The van der Waals surface area contributed by atoms with Gasteiger partial charge in [0.1, 0.15) is 18.1 Å². The average Bonchev–Trinajstić information content (AvgIpc) is 2.76. The van der Waals surface area contributed by atoms with Crippen LogP contribution in [0.4, 0.5) is 0 Å². The first-order valence-corrected chi connectivity index (χ1v) is 5.79. The normalized spacial score (nSPS) is 10.3. The fraction of sp³-hybridized carbons (Fsp3) is 0.167. The highest BCUT2D eigenvalue weighted by atomic mass is 32.1. The Morgan fingerprint density at radius 1 is 1.06 bits per heavy atom. The van der Waals surface area contributed by atoms with Gasteiger partial charge in [-0.15, -0.1) is 11.3 Å². The van der Waals surface area contributed by atoms with Crippen LogP contribution in [-0.2, 0) is 13.2 Å². The molecular weight excluding hydrogens is 222 g/mol. The van der Waals surface area contributed by atoms with Gasteiger partial charge in [0, 0.05) is 16.3 Å². The van der Waals surface area contributed by atoms with Crippen molar-refractivity contribution < 1.29 is 9.84 Å². The molecule has 84 valence electrons. The summed E-state index contributed by atoms with van der Waals surface area (Å²) in [6.45, 7) is 1.11. The summed E-state index contributed by atoms with van der Waals surface area (Å²) in [5.74, 6) is 0.995. The maximum atomic E-state index is 9.11. The molecule has 0 saturated heterocycles. The molecule has 0 unspecified atom stereocenters. The highest BCUT2D eigenvalue weighted by molar-refractivity contribution is 7.11. The molecule has 0 aliphatic heterocycles. The van der Waals surface area contributed by atoms with E-state index in [9.17, 15) is 0 Å². The van der Waals surface area contributed by atoms with Gasteiger partial charge in [-0.1, -0.05) is 0 Å². The number of rotatable bonds is 4. The third-order valence-corrected chi connectivity index (χ3v) is 3.22. The predicted molar refractivity (Wildman–Crippen MR) is 64.6 cm³/mol. The number of aromatic hydroxyl groups is 1. The van der Waals surface area contributed by atoms with Gasteiger partial charge in [0.2, 0.25) is 0 Å². The van der Waals surface area contributed by atoms with Crippen molar-refractivity contribution in [2.24, 2.45) is 5.73 Å². The van der Waals surface area contributed by atoms with Crippen LogP contribution in [0, 0.1) is 0 Å². The van der Waals surface area contributed by atoms with Crippen LogP contribution in [0.3, 0.4) is 0 Å². The molecule has 1 aromatic carbocycles. The second-order valence-corrected chi connectivity index (χ2v) is 4.61. The molecule has 1 heterocycles. The summed E-state index contributed by atoms with van der Waals surface area (Å²) in [7, 11) is 0. The average molecular weight is 235 g/mol. The van der Waals surface area contributed by atoms with Crippen molar-refractivity contribution in [2.45, 2.75) is 13.2 Å². The first kappa shape index (κ1) is 11.0. The van der Waals surface area contributed by atoms with Gasteiger partial charge in [0.25, 0.3) is 0 Å². The molecule has 0 saturated carbocycles. The zero-order valence-corrected chi connectivity index (χ0v) is 9.54. The Balaban J connectivity index is 1.94. The Morgan fingerprint density at radius 2 is 1.75 bits per heavy atom. The van der Waals surface area contributed by atoms with E-state index >= 15 is 0 Å². The molecule has 0 bridgehead atoms. The fourth-order valence-corrected chi connectivity index (χ4v) is 2.12. The number of nitrogens with two attached hydrogens (primary N) is 1. The Morgan fingerprint density at radius 3 is 2.38 bits per heavy atom. The van der Waals surface area contributed by atoms with E-state index in [0.29, 0.717) is 13.2 Å². The Bertz CT molecular complexity index is 450. The monoisotopic (exact) mass is 235 g/mol. The third-order valence-electron chi connectivity index (χ3n) is 2.14. The van der Waals surface area contributed by atoms with Crippen LogP contribution in [0.2, 0.25) is 0 Å². The van der Waals surface area contributed by atoms with Crippen LogP contribution >= 0.6 is 11.3 Å². The quantitative estimate of drug-likeness (QED) is 0.856. The van der Waals surface area contributed by atoms with Gasteiger partial charge in [0.05, 0.1) is 0 Å². The SMILES string of the molecule is NCc1ccc(COc2ccc(O)cc2)s1. The van der Waals surface area contributed by atoms with Crippen molar-refractivity contribution in [1.82, 2.24) is 0 Å². The van der Waals surface area contributed by atoms with E-state index in [1.54, 1.807) is 35.6 Å². The molecule has 0 aliphatic carbocycles. The van der Waals surface area contributed by atoms with E-state index in [1.807, 2.05) is 12.1 Å². The van der Waals surface area contributed by atoms with Crippen molar-refractivity contribution in [1.29, 1.82) is 0 Å². The number of phenols is 1. The molecule has 4 heteroatoms. The van der Waals surface area contributed by atoms with Gasteiger partial charge in [-0.2, -0.15) is 0 Å². The molecule has 0 atom stereocenters. The molecule has 16 heavy (non-hydrogen) atoms. The van der Waals surface area contributed by atoms with Crippen LogP contribution in [0.5, 0.6) is 11.5 Å². The van der Waals surface area contributed by atoms with Crippen molar-refractivity contribution in [3.05, 3.63) is 46.2 Å². The maximum absolute atomic E-state index is 9.11. The topological polar surface area (TPSA) is 55.5 Å².